The van der Waals surface area contributed by atoms with Crippen LogP contribution in [0.4, 0.5) is 17.1 Å². The highest BCUT2D eigenvalue weighted by molar-refractivity contribution is 6.12. The van der Waals surface area contributed by atoms with Crippen molar-refractivity contribution in [3.8, 4) is 5.69 Å². The van der Waals surface area contributed by atoms with Gasteiger partial charge in [-0.15, -0.1) is 0 Å². The van der Waals surface area contributed by atoms with Gasteiger partial charge in [-0.25, -0.2) is 4.99 Å². The second-order valence-electron chi connectivity index (χ2n) is 14.4. The van der Waals surface area contributed by atoms with Crippen LogP contribution in [0.25, 0.3) is 38.8 Å². The van der Waals surface area contributed by atoms with Gasteiger partial charge in [-0.3, -0.25) is 0 Å². The summed E-state index contributed by atoms with van der Waals surface area (Å²) in [6.07, 6.45) is 2.00. The smallest absolute Gasteiger partial charge is 0.131 e. The van der Waals surface area contributed by atoms with Gasteiger partial charge in [-0.1, -0.05) is 136 Å². The molecular weight excluding hydrogens is 657 g/mol. The third-order valence-electron chi connectivity index (χ3n) is 10.7. The molecule has 2 N–H and O–H groups in total. The Balaban J connectivity index is 1.16. The van der Waals surface area contributed by atoms with E-state index in [1.165, 1.54) is 38.8 Å². The molecule has 0 unspecified atom stereocenters. The molecule has 7 aromatic carbocycles. The minimum absolute atomic E-state index is 0.225. The van der Waals surface area contributed by atoms with Gasteiger partial charge in [0.15, 0.2) is 0 Å². The van der Waals surface area contributed by atoms with Gasteiger partial charge in [0.1, 0.15) is 5.84 Å². The Morgan fingerprint density at radius 3 is 1.89 bits per heavy atom. The van der Waals surface area contributed by atoms with Crippen LogP contribution in [-0.2, 0) is 5.41 Å². The first-order valence-electron chi connectivity index (χ1n) is 18.4. The lowest BCUT2D eigenvalue weighted by molar-refractivity contribution is 0.632. The Kier molecular flexibility index (Phi) is 8.09. The third-order valence-corrected chi connectivity index (χ3v) is 10.7. The fourth-order valence-corrected chi connectivity index (χ4v) is 7.96. The summed E-state index contributed by atoms with van der Waals surface area (Å²) in [6, 6.07) is 61.7. The molecule has 1 aliphatic rings. The number of amidine groups is 1. The summed E-state index contributed by atoms with van der Waals surface area (Å²) in [4.78, 5) is 7.39. The van der Waals surface area contributed by atoms with Crippen LogP contribution in [0.2, 0.25) is 0 Å². The molecule has 1 aliphatic heterocycles. The topological polar surface area (TPSA) is 46.5 Å². The van der Waals surface area contributed by atoms with Crippen LogP contribution in [0.1, 0.15) is 41.7 Å². The quantitative estimate of drug-likeness (QED) is 0.102. The molecule has 0 radical (unpaired) electrons. The number of anilines is 3. The van der Waals surface area contributed by atoms with Crippen LogP contribution >= 0.6 is 0 Å². The monoisotopic (exact) mass is 696 g/mol. The molecular formula is C50H40N4. The number of nitrogens with two attached hydrogens (primary N) is 1. The van der Waals surface area contributed by atoms with Crippen LogP contribution < -0.4 is 10.6 Å². The van der Waals surface area contributed by atoms with Crippen molar-refractivity contribution in [3.63, 3.8) is 0 Å². The summed E-state index contributed by atoms with van der Waals surface area (Å²) in [7, 11) is 0. The molecule has 0 aliphatic carbocycles. The fourth-order valence-electron chi connectivity index (χ4n) is 7.96. The number of hydrogen-bond acceptors (Lipinski definition) is 2. The van der Waals surface area contributed by atoms with Gasteiger partial charge in [0, 0.05) is 38.7 Å². The second-order valence-corrected chi connectivity index (χ2v) is 14.4. The highest BCUT2D eigenvalue weighted by Gasteiger charge is 2.37. The SMILES string of the molecule is C=C(/C=C(\N=C(/N)c1ccc(-n2c3ccccc3c3cc4c(cc32)C(C)(C)c2ccccc2N4c2ccccc2)cc1)c1ccccc1)c1ccccc1. The van der Waals surface area contributed by atoms with Crippen LogP contribution in [0.3, 0.4) is 0 Å². The normalized spacial score (nSPS) is 13.9. The molecule has 2 heterocycles. The first kappa shape index (κ1) is 33.0. The Labute approximate surface area is 316 Å². The van der Waals surface area contributed by atoms with E-state index >= 15 is 0 Å². The molecule has 9 rings (SSSR count). The number of benzene rings is 7. The molecule has 0 saturated carbocycles. The van der Waals surface area contributed by atoms with Crippen molar-refractivity contribution in [1.29, 1.82) is 0 Å². The lowest BCUT2D eigenvalue weighted by Crippen LogP contribution is -2.30. The standard InChI is InChI=1S/C50H40N4/c1-34(35-17-7-4-8-18-35)31-44(36-19-9-5-10-20-36)52-49(51)37-27-29-39(30-28-37)53-45-25-15-13-23-40(45)41-32-48-43(33-47(41)53)50(2,3)42-24-14-16-26-46(42)54(48)38-21-11-6-12-22-38/h4-33H,1H2,2-3H3,(H2,51,52)/b44-31-. The molecule has 4 heteroatoms. The summed E-state index contributed by atoms with van der Waals surface area (Å²) in [5.41, 5.74) is 20.6. The largest absolute Gasteiger partial charge is 0.383 e. The minimum atomic E-state index is -0.225. The third kappa shape index (κ3) is 5.60. The Bertz CT molecular complexity index is 2740. The first-order chi connectivity index (χ1) is 26.4. The molecule has 0 spiro atoms. The van der Waals surface area contributed by atoms with E-state index in [2.05, 4.69) is 157 Å². The van der Waals surface area contributed by atoms with Gasteiger partial charge in [0.25, 0.3) is 0 Å². The fraction of sp³-hybridized carbons (Fsp3) is 0.0600. The molecule has 0 fully saturated rings. The lowest BCUT2D eigenvalue weighted by Gasteiger charge is -2.42. The molecule has 260 valence electrons. The minimum Gasteiger partial charge on any atom is -0.383 e. The van der Waals surface area contributed by atoms with Crippen LogP contribution in [-0.4, -0.2) is 10.4 Å². The summed E-state index contributed by atoms with van der Waals surface area (Å²) in [5, 5.41) is 2.42. The van der Waals surface area contributed by atoms with Crippen molar-refractivity contribution in [2.45, 2.75) is 19.3 Å². The van der Waals surface area contributed by atoms with E-state index in [0.29, 0.717) is 5.84 Å². The predicted octanol–water partition coefficient (Wildman–Crippen LogP) is 12.4. The molecule has 0 amide bonds. The van der Waals surface area contributed by atoms with Gasteiger partial charge >= 0.3 is 0 Å². The van der Waals surface area contributed by atoms with Gasteiger partial charge in [0.05, 0.1) is 28.1 Å². The zero-order valence-corrected chi connectivity index (χ0v) is 30.4. The first-order valence-corrected chi connectivity index (χ1v) is 18.4. The Morgan fingerprint density at radius 1 is 0.556 bits per heavy atom. The van der Waals surface area contributed by atoms with Crippen molar-refractivity contribution >= 4 is 56.0 Å². The lowest BCUT2D eigenvalue weighted by atomic mass is 9.73. The van der Waals surface area contributed by atoms with Crippen molar-refractivity contribution in [1.82, 2.24) is 4.57 Å². The van der Waals surface area contributed by atoms with E-state index in [4.69, 9.17) is 10.7 Å². The van der Waals surface area contributed by atoms with Crippen LogP contribution in [0.5, 0.6) is 0 Å². The van der Waals surface area contributed by atoms with Gasteiger partial charge in [0.2, 0.25) is 0 Å². The highest BCUT2D eigenvalue weighted by atomic mass is 15.2. The number of aromatic nitrogens is 1. The summed E-state index contributed by atoms with van der Waals surface area (Å²) >= 11 is 0. The van der Waals surface area contributed by atoms with Crippen molar-refractivity contribution in [2.75, 3.05) is 4.90 Å². The summed E-state index contributed by atoms with van der Waals surface area (Å²) in [6.45, 7) is 9.02. The van der Waals surface area contributed by atoms with Gasteiger partial charge < -0.3 is 15.2 Å². The number of fused-ring (bicyclic) bond motifs is 5. The molecule has 54 heavy (non-hydrogen) atoms. The Hall–Kier alpha value is -6.91. The van der Waals surface area contributed by atoms with Crippen molar-refractivity contribution in [2.24, 2.45) is 10.7 Å². The molecule has 1 aromatic heterocycles. The van der Waals surface area contributed by atoms with E-state index in [-0.39, 0.29) is 5.41 Å². The number of aliphatic imine (C=N–C) groups is 1. The average Bonchev–Trinajstić information content (AvgIpc) is 3.54. The van der Waals surface area contributed by atoms with Crippen LogP contribution in [0.15, 0.2) is 194 Å². The number of allylic oxidation sites excluding steroid dienone is 2. The average molecular weight is 697 g/mol. The van der Waals surface area contributed by atoms with Crippen molar-refractivity contribution < 1.29 is 0 Å². The maximum absolute atomic E-state index is 6.77. The zero-order chi connectivity index (χ0) is 36.8. The molecule has 0 bridgehead atoms. The summed E-state index contributed by atoms with van der Waals surface area (Å²) in [5.74, 6) is 0.440. The number of nitrogens with zero attached hydrogens (tertiary/aromatic N) is 3. The second kappa shape index (κ2) is 13.3. The molecule has 0 atom stereocenters. The maximum Gasteiger partial charge on any atom is 0.131 e. The van der Waals surface area contributed by atoms with E-state index < -0.39 is 0 Å². The number of hydrogen-bond donors (Lipinski definition) is 1. The van der Waals surface area contributed by atoms with Gasteiger partial charge in [-0.2, -0.15) is 0 Å². The maximum atomic E-state index is 6.77. The van der Waals surface area contributed by atoms with E-state index in [0.717, 1.165) is 44.9 Å². The molecule has 8 aromatic rings. The summed E-state index contributed by atoms with van der Waals surface area (Å²) < 4.78 is 2.38. The predicted molar refractivity (Wildman–Crippen MR) is 228 cm³/mol. The Morgan fingerprint density at radius 2 is 1.17 bits per heavy atom. The number of para-hydroxylation sites is 3. The highest BCUT2D eigenvalue weighted by Crippen LogP contribution is 2.53. The van der Waals surface area contributed by atoms with Gasteiger partial charge in [-0.05, 0) is 89.0 Å². The zero-order valence-electron chi connectivity index (χ0n) is 30.4. The van der Waals surface area contributed by atoms with Crippen LogP contribution in [0, 0.1) is 0 Å². The van der Waals surface area contributed by atoms with E-state index in [9.17, 15) is 0 Å². The van der Waals surface area contributed by atoms with E-state index in [1.54, 1.807) is 0 Å². The molecule has 0 saturated heterocycles. The van der Waals surface area contributed by atoms with Crippen molar-refractivity contribution in [3.05, 3.63) is 216 Å². The van der Waals surface area contributed by atoms with E-state index in [1.807, 2.05) is 54.6 Å². The molecule has 4 nitrogen and oxygen atoms in total. The number of rotatable bonds is 7.